The summed E-state index contributed by atoms with van der Waals surface area (Å²) in [6.07, 6.45) is 10.3. The van der Waals surface area contributed by atoms with Crippen molar-refractivity contribution in [1.82, 2.24) is 39.2 Å². The summed E-state index contributed by atoms with van der Waals surface area (Å²) in [7, 11) is 0. The fraction of sp³-hybridized carbons (Fsp3) is 0.300. The number of pyridine rings is 2. The molecule has 0 saturated heterocycles. The highest BCUT2D eigenvalue weighted by Gasteiger charge is 2.29. The van der Waals surface area contributed by atoms with Gasteiger partial charge in [-0.1, -0.05) is 0 Å². The molecule has 0 aliphatic heterocycles. The van der Waals surface area contributed by atoms with Gasteiger partial charge in [0.15, 0.2) is 0 Å². The smallest absolute Gasteiger partial charge is 0.434 e. The summed E-state index contributed by atoms with van der Waals surface area (Å²) in [6.45, 7) is 12.4. The molecule has 0 radical (unpaired) electrons. The van der Waals surface area contributed by atoms with Crippen LogP contribution in [-0.4, -0.2) is 50.9 Å². The van der Waals surface area contributed by atoms with E-state index < -0.39 is 11.7 Å². The van der Waals surface area contributed by atoms with Gasteiger partial charge in [-0.2, -0.15) is 15.2 Å². The minimum atomic E-state index is -0.745. The molecule has 6 aromatic rings. The average molecular weight is 567 g/mol. The van der Waals surface area contributed by atoms with Crippen LogP contribution in [0.4, 0.5) is 16.2 Å². The lowest BCUT2D eigenvalue weighted by molar-refractivity contribution is 0.0566. The summed E-state index contributed by atoms with van der Waals surface area (Å²) >= 11 is 0. The van der Waals surface area contributed by atoms with Crippen LogP contribution in [0.2, 0.25) is 0 Å². The highest BCUT2D eigenvalue weighted by molar-refractivity contribution is 6.01. The predicted octanol–water partition coefficient (Wildman–Crippen LogP) is 6.03. The number of fused-ring (bicyclic) bond motifs is 2. The molecule has 0 spiro atoms. The van der Waals surface area contributed by atoms with Crippen LogP contribution in [-0.2, 0) is 11.3 Å². The topological polar surface area (TPSA) is 138 Å². The van der Waals surface area contributed by atoms with Crippen LogP contribution in [0.15, 0.2) is 61.4 Å². The van der Waals surface area contributed by atoms with Gasteiger partial charge in [0.05, 0.1) is 46.7 Å². The zero-order valence-electron chi connectivity index (χ0n) is 24.5. The molecule has 42 heavy (non-hydrogen) atoms. The largest absolute Gasteiger partial charge is 0.442 e. The lowest BCUT2D eigenvalue weighted by Crippen LogP contribution is -2.40. The quantitative estimate of drug-likeness (QED) is 0.251. The van der Waals surface area contributed by atoms with Crippen LogP contribution < -0.4 is 10.7 Å². The maximum atomic E-state index is 13.9. The number of nitrogens with zero attached hydrogens (tertiary/aromatic N) is 8. The second-order valence-electron chi connectivity index (χ2n) is 11.4. The molecule has 0 saturated carbocycles. The molecule has 6 aromatic heterocycles. The summed E-state index contributed by atoms with van der Waals surface area (Å²) in [5.41, 5.74) is 12.4. The molecule has 12 nitrogen and oxygen atoms in total. The molecule has 6 rings (SSSR count). The molecule has 12 heteroatoms. The van der Waals surface area contributed by atoms with Gasteiger partial charge in [-0.05, 0) is 65.8 Å². The fourth-order valence-electron chi connectivity index (χ4n) is 4.77. The molecule has 3 N–H and O–H groups in total. The van der Waals surface area contributed by atoms with E-state index in [0.717, 1.165) is 34.6 Å². The lowest BCUT2D eigenvalue weighted by atomic mass is 10.2. The summed E-state index contributed by atoms with van der Waals surface area (Å²) in [5, 5.41) is 10.3. The normalized spacial score (nSPS) is 12.1. The lowest BCUT2D eigenvalue weighted by Gasteiger charge is -2.28. The number of hydrogen-bond donors (Lipinski definition) is 2. The number of aryl methyl sites for hydroxylation is 1. The van der Waals surface area contributed by atoms with Crippen molar-refractivity contribution in [3.05, 3.63) is 61.4 Å². The summed E-state index contributed by atoms with van der Waals surface area (Å²) in [5.74, 6) is 0. The van der Waals surface area contributed by atoms with Crippen molar-refractivity contribution in [2.24, 2.45) is 0 Å². The fourth-order valence-corrected chi connectivity index (χ4v) is 4.77. The highest BCUT2D eigenvalue weighted by atomic mass is 16.6. The van der Waals surface area contributed by atoms with Crippen molar-refractivity contribution >= 4 is 39.5 Å². The van der Waals surface area contributed by atoms with E-state index in [1.54, 1.807) is 29.5 Å². The van der Waals surface area contributed by atoms with Crippen molar-refractivity contribution in [3.63, 3.8) is 0 Å². The van der Waals surface area contributed by atoms with Crippen LogP contribution in [0, 0.1) is 0 Å². The van der Waals surface area contributed by atoms with Crippen LogP contribution in [0.1, 0.15) is 47.6 Å². The molecule has 0 fully saturated rings. The molecule has 216 valence electrons. The minimum Gasteiger partial charge on any atom is -0.442 e. The number of anilines is 2. The van der Waals surface area contributed by atoms with Crippen molar-refractivity contribution in [2.75, 3.05) is 10.7 Å². The van der Waals surface area contributed by atoms with Gasteiger partial charge < -0.3 is 15.5 Å². The summed E-state index contributed by atoms with van der Waals surface area (Å²) in [6, 6.07) is 7.87. The number of nitrogen functional groups attached to an aromatic ring is 1. The van der Waals surface area contributed by atoms with E-state index in [2.05, 4.69) is 29.0 Å². The standard InChI is InChI=1S/C30H34N10O2/c1-7-37-15-19(12-33-37)23-10-11-25-27(35-23)21(31)17-39(25)40(29(41)42-30(4,5)6)26-14-32-24-9-8-22(36-28(24)26)20-13-34-38(16-20)18(2)3/h8-18,32H,7,31H2,1-6H3. The molecule has 6 heterocycles. The van der Waals surface area contributed by atoms with Crippen LogP contribution in [0.25, 0.3) is 44.6 Å². The van der Waals surface area contributed by atoms with E-state index >= 15 is 0 Å². The summed E-state index contributed by atoms with van der Waals surface area (Å²) in [4.78, 5) is 26.9. The Labute approximate surface area is 242 Å². The van der Waals surface area contributed by atoms with Crippen molar-refractivity contribution in [2.45, 2.75) is 59.7 Å². The number of nitrogens with one attached hydrogen (secondary N) is 1. The third-order valence-corrected chi connectivity index (χ3v) is 6.85. The van der Waals surface area contributed by atoms with Crippen LogP contribution in [0.5, 0.6) is 0 Å². The monoisotopic (exact) mass is 566 g/mol. The first kappa shape index (κ1) is 27.1. The molecule has 0 aliphatic carbocycles. The molecule has 1 amide bonds. The molecular weight excluding hydrogens is 532 g/mol. The van der Waals surface area contributed by atoms with Gasteiger partial charge in [0.2, 0.25) is 0 Å². The molecule has 0 atom stereocenters. The Balaban J connectivity index is 1.49. The third-order valence-electron chi connectivity index (χ3n) is 6.85. The zero-order valence-corrected chi connectivity index (χ0v) is 24.5. The first-order chi connectivity index (χ1) is 20.0. The maximum Gasteiger partial charge on any atom is 0.434 e. The number of H-pyrrole nitrogens is 1. The second kappa shape index (κ2) is 10.1. The molecule has 0 unspecified atom stereocenters. The van der Waals surface area contributed by atoms with E-state index in [1.165, 1.54) is 5.01 Å². The number of nitrogens with two attached hydrogens (primary N) is 1. The van der Waals surface area contributed by atoms with Gasteiger partial charge >= 0.3 is 6.09 Å². The van der Waals surface area contributed by atoms with Crippen LogP contribution >= 0.6 is 0 Å². The van der Waals surface area contributed by atoms with Crippen molar-refractivity contribution < 1.29 is 9.53 Å². The number of carbonyl (C=O) groups excluding carboxylic acids is 1. The third kappa shape index (κ3) is 4.84. The van der Waals surface area contributed by atoms with E-state index in [-0.39, 0.29) is 6.04 Å². The molecule has 0 bridgehead atoms. The molecule has 0 aromatic carbocycles. The Hall–Kier alpha value is -5.13. The number of hydrogen-bond acceptors (Lipinski definition) is 7. The minimum absolute atomic E-state index is 0.220. The number of aromatic amines is 1. The Bertz CT molecular complexity index is 1920. The first-order valence-corrected chi connectivity index (χ1v) is 13.9. The van der Waals surface area contributed by atoms with Gasteiger partial charge in [-0.3, -0.25) is 9.36 Å². The van der Waals surface area contributed by atoms with Crippen LogP contribution in [0.3, 0.4) is 0 Å². The van der Waals surface area contributed by atoms with Gasteiger partial charge in [0, 0.05) is 42.3 Å². The Morgan fingerprint density at radius 3 is 2.36 bits per heavy atom. The number of carbonyl (C=O) groups is 1. The number of aromatic nitrogens is 8. The summed E-state index contributed by atoms with van der Waals surface area (Å²) < 4.78 is 11.3. The Morgan fingerprint density at radius 1 is 1.00 bits per heavy atom. The average Bonchev–Trinajstić information content (AvgIpc) is 3.74. The second-order valence-corrected chi connectivity index (χ2v) is 11.4. The van der Waals surface area contributed by atoms with Gasteiger partial charge in [-0.25, -0.2) is 19.4 Å². The number of ether oxygens (including phenoxy) is 1. The van der Waals surface area contributed by atoms with E-state index in [0.29, 0.717) is 27.9 Å². The maximum absolute atomic E-state index is 13.9. The van der Waals surface area contributed by atoms with Gasteiger partial charge in [0.25, 0.3) is 0 Å². The van der Waals surface area contributed by atoms with Crippen molar-refractivity contribution in [3.8, 4) is 22.5 Å². The zero-order chi connectivity index (χ0) is 29.8. The SMILES string of the molecule is CCn1cc(-c2ccc3c(n2)c(N)cn3N(C(=O)OC(C)(C)C)c2c[nH]c3ccc(-c4cnn(C(C)C)c4)nc23)cn1. The van der Waals surface area contributed by atoms with E-state index in [1.807, 2.05) is 73.7 Å². The molecule has 0 aliphatic rings. The van der Waals surface area contributed by atoms with E-state index in [4.69, 9.17) is 20.4 Å². The number of amides is 1. The Morgan fingerprint density at radius 2 is 1.69 bits per heavy atom. The van der Waals surface area contributed by atoms with Gasteiger partial charge in [0.1, 0.15) is 22.3 Å². The predicted molar refractivity (Wildman–Crippen MR) is 163 cm³/mol. The first-order valence-electron chi connectivity index (χ1n) is 13.9. The molecular formula is C30H34N10O2. The highest BCUT2D eigenvalue weighted by Crippen LogP contribution is 2.33. The van der Waals surface area contributed by atoms with E-state index in [9.17, 15) is 4.79 Å². The Kier molecular flexibility index (Phi) is 6.48. The van der Waals surface area contributed by atoms with Gasteiger partial charge in [-0.15, -0.1) is 0 Å². The number of rotatable bonds is 6. The van der Waals surface area contributed by atoms with Crippen molar-refractivity contribution in [1.29, 1.82) is 0 Å².